The van der Waals surface area contributed by atoms with E-state index in [1.165, 1.54) is 4.80 Å². The van der Waals surface area contributed by atoms with E-state index in [1.807, 2.05) is 25.1 Å². The third-order valence-corrected chi connectivity index (χ3v) is 3.84. The number of aryl methyl sites for hydroxylation is 1. The summed E-state index contributed by atoms with van der Waals surface area (Å²) in [7, 11) is 0. The number of aromatic nitrogens is 3. The highest BCUT2D eigenvalue weighted by atomic mass is 35.5. The standard InChI is InChI=1S/C17H18ClN3O.CH2O3/c1-10-7-12(17(2,3)4)16(22)15(8-10)21-19-13-6-5-11(18)9-14(13)20-21;2-1(3)4/h5-9,22H,1-4H3;(H2,2,3,4). The summed E-state index contributed by atoms with van der Waals surface area (Å²) in [6.45, 7) is 8.20. The number of hydrogen-bond donors (Lipinski definition) is 3. The van der Waals surface area contributed by atoms with Crippen molar-refractivity contribution in [2.75, 3.05) is 0 Å². The van der Waals surface area contributed by atoms with Crippen molar-refractivity contribution < 1.29 is 20.1 Å². The highest BCUT2D eigenvalue weighted by Gasteiger charge is 2.22. The van der Waals surface area contributed by atoms with Crippen LogP contribution >= 0.6 is 11.6 Å². The predicted octanol–water partition coefficient (Wildman–Crippen LogP) is 4.61. The second-order valence-electron chi connectivity index (χ2n) is 6.84. The molecular formula is C18H20ClN3O4. The van der Waals surface area contributed by atoms with E-state index in [1.54, 1.807) is 12.1 Å². The van der Waals surface area contributed by atoms with Crippen molar-refractivity contribution >= 4 is 28.8 Å². The lowest BCUT2D eigenvalue weighted by Crippen LogP contribution is -2.13. The number of rotatable bonds is 1. The fraction of sp³-hybridized carbons (Fsp3) is 0.278. The zero-order valence-electron chi connectivity index (χ0n) is 14.9. The number of phenolic OH excluding ortho intramolecular Hbond substituents is 1. The first-order valence-corrected chi connectivity index (χ1v) is 8.16. The number of hydrogen-bond acceptors (Lipinski definition) is 4. The largest absolute Gasteiger partial charge is 0.505 e. The van der Waals surface area contributed by atoms with Crippen molar-refractivity contribution in [1.29, 1.82) is 0 Å². The summed E-state index contributed by atoms with van der Waals surface area (Å²) in [5, 5.41) is 34.1. The van der Waals surface area contributed by atoms with E-state index >= 15 is 0 Å². The van der Waals surface area contributed by atoms with Crippen molar-refractivity contribution in [3.8, 4) is 11.4 Å². The Bertz CT molecular complexity index is 957. The van der Waals surface area contributed by atoms with E-state index in [2.05, 4.69) is 31.0 Å². The fourth-order valence-corrected chi connectivity index (χ4v) is 2.65. The number of aromatic hydroxyl groups is 1. The van der Waals surface area contributed by atoms with E-state index in [0.717, 1.165) is 16.6 Å². The number of halogens is 1. The molecule has 8 heteroatoms. The summed E-state index contributed by atoms with van der Waals surface area (Å²) >= 11 is 5.99. The van der Waals surface area contributed by atoms with Crippen molar-refractivity contribution in [1.82, 2.24) is 15.0 Å². The van der Waals surface area contributed by atoms with Crippen LogP contribution in [0.15, 0.2) is 30.3 Å². The van der Waals surface area contributed by atoms with Crippen LogP contribution in [0.5, 0.6) is 5.75 Å². The lowest BCUT2D eigenvalue weighted by Gasteiger charge is -2.22. The van der Waals surface area contributed by atoms with Gasteiger partial charge in [0.25, 0.3) is 0 Å². The van der Waals surface area contributed by atoms with Gasteiger partial charge in [-0.05, 0) is 42.2 Å². The van der Waals surface area contributed by atoms with Crippen LogP contribution in [-0.4, -0.2) is 36.5 Å². The van der Waals surface area contributed by atoms with Gasteiger partial charge in [0.2, 0.25) is 0 Å². The highest BCUT2D eigenvalue weighted by Crippen LogP contribution is 2.36. The average molecular weight is 378 g/mol. The summed E-state index contributed by atoms with van der Waals surface area (Å²) < 4.78 is 0. The molecule has 1 heterocycles. The van der Waals surface area contributed by atoms with Crippen LogP contribution < -0.4 is 0 Å². The molecular weight excluding hydrogens is 358 g/mol. The number of carbonyl (C=O) groups is 1. The molecule has 0 amide bonds. The Hall–Kier alpha value is -2.80. The van der Waals surface area contributed by atoms with Gasteiger partial charge in [-0.25, -0.2) is 4.79 Å². The molecule has 0 aliphatic heterocycles. The van der Waals surface area contributed by atoms with Crippen LogP contribution in [0.2, 0.25) is 5.02 Å². The lowest BCUT2D eigenvalue weighted by atomic mass is 9.85. The van der Waals surface area contributed by atoms with Crippen molar-refractivity contribution in [3.63, 3.8) is 0 Å². The average Bonchev–Trinajstić information content (AvgIpc) is 2.90. The van der Waals surface area contributed by atoms with E-state index in [9.17, 15) is 5.11 Å². The molecule has 0 aliphatic rings. The Balaban J connectivity index is 0.000000552. The molecule has 138 valence electrons. The van der Waals surface area contributed by atoms with E-state index in [-0.39, 0.29) is 11.2 Å². The zero-order valence-corrected chi connectivity index (χ0v) is 15.6. The molecule has 0 saturated carbocycles. The first kappa shape index (κ1) is 19.5. The molecule has 7 nitrogen and oxygen atoms in total. The van der Waals surface area contributed by atoms with Gasteiger partial charge in [-0.1, -0.05) is 38.4 Å². The van der Waals surface area contributed by atoms with Crippen LogP contribution in [-0.2, 0) is 5.41 Å². The molecule has 3 rings (SSSR count). The molecule has 1 aromatic heterocycles. The Kier molecular flexibility index (Phi) is 5.41. The lowest BCUT2D eigenvalue weighted by molar-refractivity contribution is 0.137. The van der Waals surface area contributed by atoms with Crippen LogP contribution in [0.25, 0.3) is 16.7 Å². The predicted molar refractivity (Wildman–Crippen MR) is 99.6 cm³/mol. The van der Waals surface area contributed by atoms with Gasteiger partial charge in [0.1, 0.15) is 22.5 Å². The molecule has 0 spiro atoms. The number of carboxylic acid groups (broad SMARTS) is 2. The molecule has 0 unspecified atom stereocenters. The van der Waals surface area contributed by atoms with Gasteiger partial charge in [-0.2, -0.15) is 0 Å². The minimum absolute atomic E-state index is 0.166. The smallest absolute Gasteiger partial charge is 0.503 e. The molecule has 2 aromatic carbocycles. The van der Waals surface area contributed by atoms with Crippen molar-refractivity contribution in [3.05, 3.63) is 46.5 Å². The topological polar surface area (TPSA) is 108 Å². The maximum Gasteiger partial charge on any atom is 0.503 e. The Morgan fingerprint density at radius 1 is 1.08 bits per heavy atom. The van der Waals surface area contributed by atoms with E-state index < -0.39 is 6.16 Å². The SMILES string of the molecule is Cc1cc(-n2nc3ccc(Cl)cc3n2)c(O)c(C(C)(C)C)c1.O=C(O)O. The molecule has 0 fully saturated rings. The first-order chi connectivity index (χ1) is 12.0. The molecule has 0 atom stereocenters. The van der Waals surface area contributed by atoms with Gasteiger partial charge < -0.3 is 15.3 Å². The summed E-state index contributed by atoms with van der Waals surface area (Å²) in [6, 6.07) is 9.24. The monoisotopic (exact) mass is 377 g/mol. The second-order valence-corrected chi connectivity index (χ2v) is 7.27. The molecule has 0 aliphatic carbocycles. The van der Waals surface area contributed by atoms with Gasteiger partial charge in [0.05, 0.1) is 0 Å². The number of phenols is 1. The Morgan fingerprint density at radius 3 is 2.23 bits per heavy atom. The van der Waals surface area contributed by atoms with Crippen molar-refractivity contribution in [2.45, 2.75) is 33.1 Å². The summed E-state index contributed by atoms with van der Waals surface area (Å²) in [6.07, 6.45) is -1.83. The molecule has 0 bridgehead atoms. The first-order valence-electron chi connectivity index (χ1n) is 7.78. The van der Waals surface area contributed by atoms with Gasteiger partial charge >= 0.3 is 6.16 Å². The summed E-state index contributed by atoms with van der Waals surface area (Å²) in [4.78, 5) is 10.0. The zero-order chi connectivity index (χ0) is 19.6. The number of benzene rings is 2. The van der Waals surface area contributed by atoms with Crippen LogP contribution in [0.1, 0.15) is 31.9 Å². The van der Waals surface area contributed by atoms with Crippen LogP contribution in [0, 0.1) is 6.92 Å². The molecule has 3 aromatic rings. The molecule has 3 N–H and O–H groups in total. The minimum Gasteiger partial charge on any atom is -0.505 e. The Labute approximate surface area is 155 Å². The normalized spacial score (nSPS) is 11.1. The third kappa shape index (κ3) is 4.43. The van der Waals surface area contributed by atoms with Gasteiger partial charge in [0, 0.05) is 10.6 Å². The third-order valence-electron chi connectivity index (χ3n) is 3.60. The van der Waals surface area contributed by atoms with Crippen LogP contribution in [0.4, 0.5) is 4.79 Å². The van der Waals surface area contributed by atoms with Gasteiger partial charge in [-0.3, -0.25) is 0 Å². The van der Waals surface area contributed by atoms with Crippen LogP contribution in [0.3, 0.4) is 0 Å². The molecule has 0 radical (unpaired) electrons. The van der Waals surface area contributed by atoms with E-state index in [0.29, 0.717) is 16.2 Å². The minimum atomic E-state index is -1.83. The van der Waals surface area contributed by atoms with Crippen molar-refractivity contribution in [2.24, 2.45) is 0 Å². The maximum absolute atomic E-state index is 10.7. The highest BCUT2D eigenvalue weighted by molar-refractivity contribution is 6.31. The fourth-order valence-electron chi connectivity index (χ4n) is 2.48. The van der Waals surface area contributed by atoms with Gasteiger partial charge in [-0.15, -0.1) is 15.0 Å². The molecule has 0 saturated heterocycles. The van der Waals surface area contributed by atoms with E-state index in [4.69, 9.17) is 26.6 Å². The maximum atomic E-state index is 10.7. The quantitative estimate of drug-likeness (QED) is 0.571. The summed E-state index contributed by atoms with van der Waals surface area (Å²) in [5.74, 6) is 0.213. The van der Waals surface area contributed by atoms with Gasteiger partial charge in [0.15, 0.2) is 0 Å². The summed E-state index contributed by atoms with van der Waals surface area (Å²) in [5.41, 5.74) is 3.78. The number of fused-ring (bicyclic) bond motifs is 1. The molecule has 26 heavy (non-hydrogen) atoms. The second kappa shape index (κ2) is 7.21. The Morgan fingerprint density at radius 2 is 1.65 bits per heavy atom. The number of nitrogens with zero attached hydrogens (tertiary/aromatic N) is 3.